The summed E-state index contributed by atoms with van der Waals surface area (Å²) in [5.41, 5.74) is 7.62. The Morgan fingerprint density at radius 2 is 2.28 bits per heavy atom. The van der Waals surface area contributed by atoms with Gasteiger partial charge in [0, 0.05) is 31.4 Å². The molecule has 0 aliphatic rings. The fourth-order valence-corrected chi connectivity index (χ4v) is 1.85. The first-order valence-corrected chi connectivity index (χ1v) is 5.99. The van der Waals surface area contributed by atoms with Crippen LogP contribution in [0.3, 0.4) is 0 Å². The van der Waals surface area contributed by atoms with Gasteiger partial charge in [-0.1, -0.05) is 5.21 Å². The maximum Gasteiger partial charge on any atom is 0.105 e. The highest BCUT2D eigenvalue weighted by Crippen LogP contribution is 2.12. The minimum Gasteiger partial charge on any atom is -0.469 e. The molecule has 0 aliphatic heterocycles. The lowest BCUT2D eigenvalue weighted by Gasteiger charge is -2.13. The molecule has 98 valence electrons. The molecule has 0 aliphatic carbocycles. The quantitative estimate of drug-likeness (QED) is 0.818. The van der Waals surface area contributed by atoms with Crippen molar-refractivity contribution in [1.29, 1.82) is 0 Å². The van der Waals surface area contributed by atoms with Crippen molar-refractivity contribution in [3.05, 3.63) is 35.5 Å². The van der Waals surface area contributed by atoms with Gasteiger partial charge in [0.25, 0.3) is 0 Å². The van der Waals surface area contributed by atoms with E-state index >= 15 is 0 Å². The first kappa shape index (κ1) is 12.8. The molecular formula is C12H19N5O. The Kier molecular flexibility index (Phi) is 4.11. The second-order valence-electron chi connectivity index (χ2n) is 4.44. The lowest BCUT2D eigenvalue weighted by atomic mass is 10.2. The molecule has 0 amide bonds. The van der Waals surface area contributed by atoms with E-state index in [0.29, 0.717) is 13.1 Å². The van der Waals surface area contributed by atoms with E-state index in [2.05, 4.69) is 15.2 Å². The van der Waals surface area contributed by atoms with Crippen molar-refractivity contribution in [2.75, 3.05) is 13.6 Å². The fourth-order valence-electron chi connectivity index (χ4n) is 1.85. The van der Waals surface area contributed by atoms with Gasteiger partial charge in [0.2, 0.25) is 0 Å². The summed E-state index contributed by atoms with van der Waals surface area (Å²) in [6, 6.07) is 2.00. The van der Waals surface area contributed by atoms with Crippen LogP contribution in [0.25, 0.3) is 0 Å². The molecule has 0 saturated heterocycles. The van der Waals surface area contributed by atoms with Gasteiger partial charge in [0.15, 0.2) is 0 Å². The van der Waals surface area contributed by atoms with Crippen LogP contribution in [0.4, 0.5) is 0 Å². The molecule has 0 radical (unpaired) electrons. The summed E-state index contributed by atoms with van der Waals surface area (Å²) in [7, 11) is 2.05. The number of aryl methyl sites for hydroxylation is 1. The molecule has 6 heteroatoms. The molecule has 18 heavy (non-hydrogen) atoms. The molecule has 6 nitrogen and oxygen atoms in total. The van der Waals surface area contributed by atoms with Crippen molar-refractivity contribution < 1.29 is 4.42 Å². The van der Waals surface area contributed by atoms with Crippen LogP contribution in [0.15, 0.2) is 22.9 Å². The normalized spacial score (nSPS) is 11.3. The third kappa shape index (κ3) is 3.18. The highest BCUT2D eigenvalue weighted by Gasteiger charge is 2.08. The lowest BCUT2D eigenvalue weighted by molar-refractivity contribution is 0.312. The van der Waals surface area contributed by atoms with Gasteiger partial charge in [0.05, 0.1) is 18.5 Å². The molecule has 0 atom stereocenters. The van der Waals surface area contributed by atoms with E-state index in [4.69, 9.17) is 10.2 Å². The second kappa shape index (κ2) is 5.79. The van der Waals surface area contributed by atoms with Gasteiger partial charge in [-0.2, -0.15) is 0 Å². The minimum absolute atomic E-state index is 0.576. The average Bonchev–Trinajstić information content (AvgIpc) is 2.90. The molecule has 0 saturated carbocycles. The predicted octanol–water partition coefficient (Wildman–Crippen LogP) is 0.770. The van der Waals surface area contributed by atoms with Gasteiger partial charge in [-0.05, 0) is 20.0 Å². The summed E-state index contributed by atoms with van der Waals surface area (Å²) in [5.74, 6) is 0.966. The van der Waals surface area contributed by atoms with Crippen LogP contribution in [0.1, 0.15) is 17.0 Å². The SMILES string of the molecule is Cc1occc1CN(C)Cc1cn(CCN)nn1. The van der Waals surface area contributed by atoms with Crippen LogP contribution in [-0.4, -0.2) is 33.5 Å². The number of aromatic nitrogens is 3. The van der Waals surface area contributed by atoms with Crippen molar-refractivity contribution >= 4 is 0 Å². The minimum atomic E-state index is 0.576. The molecule has 0 spiro atoms. The maximum atomic E-state index is 5.47. The molecule has 0 unspecified atom stereocenters. The van der Waals surface area contributed by atoms with E-state index in [1.54, 1.807) is 10.9 Å². The molecule has 0 fully saturated rings. The van der Waals surface area contributed by atoms with Crippen molar-refractivity contribution in [2.24, 2.45) is 5.73 Å². The first-order valence-electron chi connectivity index (χ1n) is 5.99. The van der Waals surface area contributed by atoms with E-state index in [1.807, 2.05) is 26.2 Å². The summed E-state index contributed by atoms with van der Waals surface area (Å²) in [6.07, 6.45) is 3.65. The van der Waals surface area contributed by atoms with Crippen LogP contribution in [-0.2, 0) is 19.6 Å². The number of rotatable bonds is 6. The summed E-state index contributed by atoms with van der Waals surface area (Å²) >= 11 is 0. The third-order valence-electron chi connectivity index (χ3n) is 2.78. The number of hydrogen-bond acceptors (Lipinski definition) is 5. The van der Waals surface area contributed by atoms with E-state index < -0.39 is 0 Å². The molecular weight excluding hydrogens is 230 g/mol. The Morgan fingerprint density at radius 3 is 2.94 bits per heavy atom. The summed E-state index contributed by atoms with van der Waals surface area (Å²) in [6.45, 7) is 4.85. The molecule has 2 N–H and O–H groups in total. The maximum absolute atomic E-state index is 5.47. The van der Waals surface area contributed by atoms with Gasteiger partial charge in [-0.3, -0.25) is 9.58 Å². The second-order valence-corrected chi connectivity index (χ2v) is 4.44. The Hall–Kier alpha value is -1.66. The Labute approximate surface area is 106 Å². The van der Waals surface area contributed by atoms with Crippen LogP contribution >= 0.6 is 0 Å². The van der Waals surface area contributed by atoms with Crippen LogP contribution in [0, 0.1) is 6.92 Å². The van der Waals surface area contributed by atoms with Gasteiger partial charge in [-0.15, -0.1) is 5.10 Å². The standard InChI is InChI=1S/C12H19N5O/c1-10-11(3-6-18-10)7-16(2)8-12-9-17(5-4-13)15-14-12/h3,6,9H,4-5,7-8,13H2,1-2H3. The predicted molar refractivity (Wildman–Crippen MR) is 67.7 cm³/mol. The Bertz CT molecular complexity index is 490. The highest BCUT2D eigenvalue weighted by molar-refractivity contribution is 5.15. The van der Waals surface area contributed by atoms with Gasteiger partial charge in [0.1, 0.15) is 5.76 Å². The molecule has 0 bridgehead atoms. The van der Waals surface area contributed by atoms with Gasteiger partial charge < -0.3 is 10.2 Å². The molecule has 0 aromatic carbocycles. The zero-order chi connectivity index (χ0) is 13.0. The highest BCUT2D eigenvalue weighted by atomic mass is 16.3. The smallest absolute Gasteiger partial charge is 0.105 e. The Balaban J connectivity index is 1.90. The van der Waals surface area contributed by atoms with Gasteiger partial charge >= 0.3 is 0 Å². The largest absolute Gasteiger partial charge is 0.469 e. The lowest BCUT2D eigenvalue weighted by Crippen LogP contribution is -2.17. The van der Waals surface area contributed by atoms with Crippen LogP contribution in [0.5, 0.6) is 0 Å². The summed E-state index contributed by atoms with van der Waals surface area (Å²) in [5, 5.41) is 8.13. The molecule has 2 aromatic rings. The topological polar surface area (TPSA) is 73.1 Å². The Morgan fingerprint density at radius 1 is 1.44 bits per heavy atom. The van der Waals surface area contributed by atoms with Crippen molar-refractivity contribution in [3.8, 4) is 0 Å². The van der Waals surface area contributed by atoms with Crippen molar-refractivity contribution in [3.63, 3.8) is 0 Å². The van der Waals surface area contributed by atoms with Crippen LogP contribution < -0.4 is 5.73 Å². The number of furan rings is 1. The number of hydrogen-bond donors (Lipinski definition) is 1. The number of nitrogens with two attached hydrogens (primary N) is 1. The van der Waals surface area contributed by atoms with Crippen molar-refractivity contribution in [1.82, 2.24) is 19.9 Å². The van der Waals surface area contributed by atoms with E-state index in [1.165, 1.54) is 5.56 Å². The zero-order valence-corrected chi connectivity index (χ0v) is 10.8. The van der Waals surface area contributed by atoms with Crippen LogP contribution in [0.2, 0.25) is 0 Å². The van der Waals surface area contributed by atoms with E-state index in [0.717, 1.165) is 24.5 Å². The average molecular weight is 249 g/mol. The molecule has 2 rings (SSSR count). The first-order chi connectivity index (χ1) is 8.69. The monoisotopic (exact) mass is 249 g/mol. The number of nitrogens with zero attached hydrogens (tertiary/aromatic N) is 4. The van der Waals surface area contributed by atoms with E-state index in [9.17, 15) is 0 Å². The third-order valence-corrected chi connectivity index (χ3v) is 2.78. The fraction of sp³-hybridized carbons (Fsp3) is 0.500. The summed E-state index contributed by atoms with van der Waals surface area (Å²) in [4.78, 5) is 2.18. The summed E-state index contributed by atoms with van der Waals surface area (Å²) < 4.78 is 7.05. The molecule has 2 heterocycles. The van der Waals surface area contributed by atoms with Gasteiger partial charge in [-0.25, -0.2) is 0 Å². The van der Waals surface area contributed by atoms with E-state index in [-0.39, 0.29) is 0 Å². The molecule has 2 aromatic heterocycles. The zero-order valence-electron chi connectivity index (χ0n) is 10.8. The van der Waals surface area contributed by atoms with Crippen molar-refractivity contribution in [2.45, 2.75) is 26.6 Å².